The van der Waals surface area contributed by atoms with E-state index in [4.69, 9.17) is 4.74 Å². The van der Waals surface area contributed by atoms with Gasteiger partial charge in [0, 0.05) is 18.3 Å². The summed E-state index contributed by atoms with van der Waals surface area (Å²) in [7, 11) is 0. The monoisotopic (exact) mass is 281 g/mol. The van der Waals surface area contributed by atoms with E-state index in [1.165, 1.54) is 5.56 Å². The third-order valence-corrected chi connectivity index (χ3v) is 3.83. The molecule has 0 spiro atoms. The van der Waals surface area contributed by atoms with Gasteiger partial charge in [-0.1, -0.05) is 43.3 Å². The van der Waals surface area contributed by atoms with E-state index in [0.29, 0.717) is 12.2 Å². The van der Waals surface area contributed by atoms with Crippen LogP contribution in [0.4, 0.5) is 5.69 Å². The molecule has 3 heteroatoms. The number of esters is 1. The maximum Gasteiger partial charge on any atom is 0.311 e. The molecule has 0 amide bonds. The molecule has 0 aliphatic carbocycles. The highest BCUT2D eigenvalue weighted by Gasteiger charge is 2.23. The van der Waals surface area contributed by atoms with Crippen LogP contribution in [0.15, 0.2) is 48.5 Å². The molecule has 108 valence electrons. The zero-order chi connectivity index (χ0) is 14.7. The first-order chi connectivity index (χ1) is 10.2. The SMILES string of the molecule is CC1CC(=O)Oc2cc(NCCc3ccccc3)ccc21. The van der Waals surface area contributed by atoms with Crippen molar-refractivity contribution in [3.05, 3.63) is 59.7 Å². The molecule has 0 saturated carbocycles. The number of ether oxygens (including phenoxy) is 1. The maximum absolute atomic E-state index is 11.5. The highest BCUT2D eigenvalue weighted by molar-refractivity contribution is 5.77. The Balaban J connectivity index is 1.64. The average Bonchev–Trinajstić information content (AvgIpc) is 2.48. The normalized spacial score (nSPS) is 17.0. The second kappa shape index (κ2) is 6.00. The van der Waals surface area contributed by atoms with E-state index in [9.17, 15) is 4.79 Å². The Morgan fingerprint density at radius 1 is 1.19 bits per heavy atom. The van der Waals surface area contributed by atoms with E-state index in [2.05, 4.69) is 48.6 Å². The average molecular weight is 281 g/mol. The molecule has 3 rings (SSSR count). The summed E-state index contributed by atoms with van der Waals surface area (Å²) in [6.07, 6.45) is 1.43. The van der Waals surface area contributed by atoms with Crippen LogP contribution in [0.25, 0.3) is 0 Å². The number of hydrogen-bond donors (Lipinski definition) is 1. The smallest absolute Gasteiger partial charge is 0.311 e. The second-order valence-electron chi connectivity index (χ2n) is 5.49. The number of nitrogens with one attached hydrogen (secondary N) is 1. The van der Waals surface area contributed by atoms with Crippen molar-refractivity contribution in [3.8, 4) is 5.75 Å². The molecule has 21 heavy (non-hydrogen) atoms. The van der Waals surface area contributed by atoms with E-state index in [1.54, 1.807) is 0 Å². The number of fused-ring (bicyclic) bond motifs is 1. The van der Waals surface area contributed by atoms with E-state index in [1.807, 2.05) is 12.1 Å². The summed E-state index contributed by atoms with van der Waals surface area (Å²) in [6.45, 7) is 2.91. The number of carbonyl (C=O) groups is 1. The molecule has 1 heterocycles. The maximum atomic E-state index is 11.5. The van der Waals surface area contributed by atoms with Gasteiger partial charge in [-0.15, -0.1) is 0 Å². The lowest BCUT2D eigenvalue weighted by Crippen LogP contribution is -2.18. The topological polar surface area (TPSA) is 38.3 Å². The van der Waals surface area contributed by atoms with Gasteiger partial charge in [-0.25, -0.2) is 0 Å². The number of benzene rings is 2. The van der Waals surface area contributed by atoms with Crippen LogP contribution in [0, 0.1) is 0 Å². The van der Waals surface area contributed by atoms with Crippen molar-refractivity contribution in [2.45, 2.75) is 25.7 Å². The zero-order valence-corrected chi connectivity index (χ0v) is 12.1. The lowest BCUT2D eigenvalue weighted by atomic mass is 9.94. The third-order valence-electron chi connectivity index (χ3n) is 3.83. The Kier molecular flexibility index (Phi) is 3.91. The van der Waals surface area contributed by atoms with Crippen LogP contribution < -0.4 is 10.1 Å². The van der Waals surface area contributed by atoms with Gasteiger partial charge in [-0.3, -0.25) is 4.79 Å². The molecule has 3 nitrogen and oxygen atoms in total. The standard InChI is InChI=1S/C18H19NO2/c1-13-11-18(20)21-17-12-15(7-8-16(13)17)19-10-9-14-5-3-2-4-6-14/h2-8,12-13,19H,9-11H2,1H3. The van der Waals surface area contributed by atoms with E-state index >= 15 is 0 Å². The van der Waals surface area contributed by atoms with Gasteiger partial charge in [0.2, 0.25) is 0 Å². The van der Waals surface area contributed by atoms with Crippen LogP contribution in [-0.4, -0.2) is 12.5 Å². The Hall–Kier alpha value is -2.29. The lowest BCUT2D eigenvalue weighted by Gasteiger charge is -2.22. The first-order valence-corrected chi connectivity index (χ1v) is 7.35. The Labute approximate surface area is 124 Å². The van der Waals surface area contributed by atoms with Gasteiger partial charge in [0.1, 0.15) is 5.75 Å². The number of anilines is 1. The Bertz CT molecular complexity index is 637. The van der Waals surface area contributed by atoms with Crippen molar-refractivity contribution >= 4 is 11.7 Å². The molecular weight excluding hydrogens is 262 g/mol. The van der Waals surface area contributed by atoms with E-state index in [0.717, 1.165) is 24.2 Å². The molecule has 2 aromatic rings. The van der Waals surface area contributed by atoms with E-state index < -0.39 is 0 Å². The molecule has 1 aliphatic heterocycles. The molecule has 2 aromatic carbocycles. The number of carbonyl (C=O) groups excluding carboxylic acids is 1. The summed E-state index contributed by atoms with van der Waals surface area (Å²) in [5.41, 5.74) is 3.41. The van der Waals surface area contributed by atoms with Crippen molar-refractivity contribution in [2.75, 3.05) is 11.9 Å². The first-order valence-electron chi connectivity index (χ1n) is 7.35. The van der Waals surface area contributed by atoms with Crippen molar-refractivity contribution in [2.24, 2.45) is 0 Å². The van der Waals surface area contributed by atoms with Gasteiger partial charge >= 0.3 is 5.97 Å². The predicted octanol–water partition coefficient (Wildman–Crippen LogP) is 3.75. The third kappa shape index (κ3) is 3.24. The van der Waals surface area contributed by atoms with Gasteiger partial charge in [-0.2, -0.15) is 0 Å². The molecular formula is C18H19NO2. The van der Waals surface area contributed by atoms with Crippen LogP contribution >= 0.6 is 0 Å². The molecule has 0 fully saturated rings. The minimum absolute atomic E-state index is 0.142. The quantitative estimate of drug-likeness (QED) is 0.685. The minimum Gasteiger partial charge on any atom is -0.426 e. The summed E-state index contributed by atoms with van der Waals surface area (Å²) in [4.78, 5) is 11.5. The summed E-state index contributed by atoms with van der Waals surface area (Å²) in [5.74, 6) is 0.791. The molecule has 0 radical (unpaired) electrons. The van der Waals surface area contributed by atoms with Gasteiger partial charge in [0.15, 0.2) is 0 Å². The number of rotatable bonds is 4. The molecule has 1 unspecified atom stereocenters. The fourth-order valence-electron chi connectivity index (χ4n) is 2.66. The highest BCUT2D eigenvalue weighted by atomic mass is 16.5. The molecule has 1 aliphatic rings. The Morgan fingerprint density at radius 3 is 2.81 bits per heavy atom. The van der Waals surface area contributed by atoms with Gasteiger partial charge in [0.05, 0.1) is 6.42 Å². The summed E-state index contributed by atoms with van der Waals surface area (Å²) in [5, 5.41) is 3.38. The molecule has 1 N–H and O–H groups in total. The second-order valence-corrected chi connectivity index (χ2v) is 5.49. The molecule has 0 aromatic heterocycles. The number of hydrogen-bond acceptors (Lipinski definition) is 3. The van der Waals surface area contributed by atoms with Crippen molar-refractivity contribution < 1.29 is 9.53 Å². The van der Waals surface area contributed by atoms with Crippen molar-refractivity contribution in [1.82, 2.24) is 0 Å². The zero-order valence-electron chi connectivity index (χ0n) is 12.1. The van der Waals surface area contributed by atoms with Crippen LogP contribution in [0.1, 0.15) is 30.4 Å². The van der Waals surface area contributed by atoms with Gasteiger partial charge < -0.3 is 10.1 Å². The predicted molar refractivity (Wildman–Crippen MR) is 83.7 cm³/mol. The highest BCUT2D eigenvalue weighted by Crippen LogP contribution is 2.35. The fourth-order valence-corrected chi connectivity index (χ4v) is 2.66. The minimum atomic E-state index is -0.142. The van der Waals surface area contributed by atoms with Crippen LogP contribution in [-0.2, 0) is 11.2 Å². The molecule has 1 atom stereocenters. The molecule has 0 bridgehead atoms. The largest absolute Gasteiger partial charge is 0.426 e. The van der Waals surface area contributed by atoms with Crippen LogP contribution in [0.2, 0.25) is 0 Å². The summed E-state index contributed by atoms with van der Waals surface area (Å²) < 4.78 is 5.33. The van der Waals surface area contributed by atoms with Gasteiger partial charge in [0.25, 0.3) is 0 Å². The van der Waals surface area contributed by atoms with Crippen LogP contribution in [0.5, 0.6) is 5.75 Å². The lowest BCUT2D eigenvalue weighted by molar-refractivity contribution is -0.135. The van der Waals surface area contributed by atoms with Crippen molar-refractivity contribution in [1.29, 1.82) is 0 Å². The summed E-state index contributed by atoms with van der Waals surface area (Å²) in [6, 6.07) is 16.4. The Morgan fingerprint density at radius 2 is 2.00 bits per heavy atom. The summed E-state index contributed by atoms with van der Waals surface area (Å²) >= 11 is 0. The first kappa shape index (κ1) is 13.7. The van der Waals surface area contributed by atoms with E-state index in [-0.39, 0.29) is 11.9 Å². The van der Waals surface area contributed by atoms with Gasteiger partial charge in [-0.05, 0) is 29.5 Å². The fraction of sp³-hybridized carbons (Fsp3) is 0.278. The van der Waals surface area contributed by atoms with Crippen molar-refractivity contribution in [3.63, 3.8) is 0 Å². The van der Waals surface area contributed by atoms with Crippen LogP contribution in [0.3, 0.4) is 0 Å². The molecule has 0 saturated heterocycles.